The van der Waals surface area contributed by atoms with Crippen LogP contribution in [0.15, 0.2) is 212 Å². The van der Waals surface area contributed by atoms with Crippen LogP contribution in [0.25, 0.3) is 72.0 Å². The van der Waals surface area contributed by atoms with E-state index < -0.39 is 0 Å². The molecule has 1 nitrogen and oxygen atoms in total. The van der Waals surface area contributed by atoms with Gasteiger partial charge < -0.3 is 4.57 Å². The molecule has 0 aliphatic carbocycles. The first kappa shape index (κ1) is 40.3. The van der Waals surface area contributed by atoms with Crippen LogP contribution in [0, 0.1) is 0 Å². The lowest BCUT2D eigenvalue weighted by Crippen LogP contribution is -2.02. The molecule has 1 atom stereocenters. The van der Waals surface area contributed by atoms with Gasteiger partial charge in [-0.1, -0.05) is 198 Å². The van der Waals surface area contributed by atoms with E-state index in [1.54, 1.807) is 0 Å². The summed E-state index contributed by atoms with van der Waals surface area (Å²) in [4.78, 5) is 0. The van der Waals surface area contributed by atoms with Crippen LogP contribution in [0.5, 0.6) is 0 Å². The van der Waals surface area contributed by atoms with Gasteiger partial charge in [0.1, 0.15) is 0 Å². The number of rotatable bonds is 13. The molecule has 0 bridgehead atoms. The molecule has 60 heavy (non-hydrogen) atoms. The molecule has 1 aromatic heterocycles. The highest BCUT2D eigenvalue weighted by Gasteiger charge is 2.21. The molecule has 0 spiro atoms. The van der Waals surface area contributed by atoms with E-state index in [1.165, 1.54) is 82.5 Å². The van der Waals surface area contributed by atoms with Crippen molar-refractivity contribution in [3.8, 4) is 39.1 Å². The molecular weight excluding hydrogens is 742 g/mol. The summed E-state index contributed by atoms with van der Waals surface area (Å²) in [6.07, 6.45) is 10.9. The lowest BCUT2D eigenvalue weighted by Gasteiger charge is -2.19. The number of para-hydroxylation sites is 2. The largest absolute Gasteiger partial charge is 0.308 e. The quantitative estimate of drug-likeness (QED) is 0.0809. The van der Waals surface area contributed by atoms with Gasteiger partial charge in [-0.25, -0.2) is 0 Å². The molecule has 0 saturated carbocycles. The van der Waals surface area contributed by atoms with Crippen molar-refractivity contribution in [2.45, 2.75) is 40.5 Å². The Morgan fingerprint density at radius 1 is 0.600 bits per heavy atom. The first-order valence-corrected chi connectivity index (χ1v) is 22.0. The van der Waals surface area contributed by atoms with E-state index in [-0.39, 0.29) is 0 Å². The van der Waals surface area contributed by atoms with Crippen molar-refractivity contribution in [2.24, 2.45) is 0 Å². The maximum absolute atomic E-state index is 4.43. The third-order valence-corrected chi connectivity index (χ3v) is 12.9. The van der Waals surface area contributed by atoms with Gasteiger partial charge in [-0.3, -0.25) is 0 Å². The first-order valence-electron chi connectivity index (χ1n) is 21.0. The van der Waals surface area contributed by atoms with Gasteiger partial charge in [0, 0.05) is 21.9 Å². The number of nitrogens with zero attached hydrogens (tertiary/aromatic N) is 1. The maximum atomic E-state index is 4.43. The van der Waals surface area contributed by atoms with Crippen molar-refractivity contribution >= 4 is 46.8 Å². The highest BCUT2D eigenvalue weighted by atomic mass is 31.1. The molecule has 8 aromatic rings. The molecule has 2 heteroatoms. The van der Waals surface area contributed by atoms with Crippen molar-refractivity contribution in [3.05, 3.63) is 229 Å². The molecule has 0 N–H and O–H groups in total. The Labute approximate surface area is 358 Å². The second-order valence-corrected chi connectivity index (χ2v) is 16.7. The van der Waals surface area contributed by atoms with E-state index in [0.29, 0.717) is 8.58 Å². The minimum Gasteiger partial charge on any atom is -0.308 e. The molecule has 8 rings (SSSR count). The number of fused-ring (bicyclic) bond motifs is 3. The molecule has 0 amide bonds. The lowest BCUT2D eigenvalue weighted by atomic mass is 9.93. The molecule has 294 valence electrons. The van der Waals surface area contributed by atoms with E-state index in [0.717, 1.165) is 35.2 Å². The first-order chi connectivity index (χ1) is 29.4. The van der Waals surface area contributed by atoms with Crippen molar-refractivity contribution in [2.75, 3.05) is 0 Å². The highest BCUT2D eigenvalue weighted by Crippen LogP contribution is 2.42. The number of benzene rings is 7. The third-order valence-electron chi connectivity index (χ3n) is 11.5. The number of aromatic nitrogens is 1. The zero-order valence-electron chi connectivity index (χ0n) is 35.2. The molecular formula is C58H52NP. The lowest BCUT2D eigenvalue weighted by molar-refractivity contribution is 0.918. The van der Waals surface area contributed by atoms with Gasteiger partial charge in [-0.2, -0.15) is 0 Å². The van der Waals surface area contributed by atoms with E-state index in [4.69, 9.17) is 0 Å². The number of hydrogen-bond acceptors (Lipinski definition) is 0. The average Bonchev–Trinajstić information content (AvgIpc) is 3.62. The molecule has 1 heterocycles. The topological polar surface area (TPSA) is 4.93 Å². The zero-order chi connectivity index (χ0) is 41.6. The van der Waals surface area contributed by atoms with Gasteiger partial charge in [0.15, 0.2) is 0 Å². The Kier molecular flexibility index (Phi) is 12.2. The summed E-state index contributed by atoms with van der Waals surface area (Å²) in [6.45, 7) is 17.3. The molecule has 0 fully saturated rings. The van der Waals surface area contributed by atoms with Crippen molar-refractivity contribution < 1.29 is 0 Å². The van der Waals surface area contributed by atoms with E-state index in [9.17, 15) is 0 Å². The Morgan fingerprint density at radius 3 is 1.93 bits per heavy atom. The Bertz CT molecular complexity index is 2950. The smallest absolute Gasteiger partial charge is 0.0618 e. The molecule has 0 saturated heterocycles. The second-order valence-electron chi connectivity index (χ2n) is 15.3. The summed E-state index contributed by atoms with van der Waals surface area (Å²) >= 11 is 0. The average molecular weight is 794 g/mol. The summed E-state index contributed by atoms with van der Waals surface area (Å²) < 4.78 is 2.46. The third kappa shape index (κ3) is 7.94. The van der Waals surface area contributed by atoms with E-state index in [2.05, 4.69) is 227 Å². The minimum atomic E-state index is 0.472. The molecule has 0 aliphatic rings. The van der Waals surface area contributed by atoms with Crippen LogP contribution in [0.3, 0.4) is 0 Å². The molecule has 1 unspecified atom stereocenters. The SMILES string of the molecule is C=C/C(=C\C)c1cccc(-c2ccccc2)c1-n1c2ccccc2c2cc(-c3ccc(PC(=CC)/C=C(\C(=C)C)c4ccccc4CCC)c(-c4ccccc4)c3)ccc21. The number of allylic oxidation sites excluding steroid dienone is 8. The van der Waals surface area contributed by atoms with Crippen LogP contribution in [0.2, 0.25) is 0 Å². The van der Waals surface area contributed by atoms with Gasteiger partial charge in [-0.05, 0) is 118 Å². The molecule has 0 radical (unpaired) electrons. The molecule has 0 aliphatic heterocycles. The van der Waals surface area contributed by atoms with Crippen LogP contribution in [0.1, 0.15) is 50.8 Å². The second kappa shape index (κ2) is 18.2. The monoisotopic (exact) mass is 793 g/mol. The summed E-state index contributed by atoms with van der Waals surface area (Å²) in [7, 11) is 0.472. The van der Waals surface area contributed by atoms with Crippen molar-refractivity contribution in [1.82, 2.24) is 4.57 Å². The minimum absolute atomic E-state index is 0.472. The number of hydrogen-bond donors (Lipinski definition) is 0. The van der Waals surface area contributed by atoms with Crippen molar-refractivity contribution in [1.29, 1.82) is 0 Å². The van der Waals surface area contributed by atoms with Gasteiger partial charge in [0.25, 0.3) is 0 Å². The van der Waals surface area contributed by atoms with Crippen LogP contribution >= 0.6 is 8.58 Å². The van der Waals surface area contributed by atoms with Gasteiger partial charge in [-0.15, -0.1) is 0 Å². The van der Waals surface area contributed by atoms with Crippen LogP contribution in [0.4, 0.5) is 0 Å². The van der Waals surface area contributed by atoms with Gasteiger partial charge >= 0.3 is 0 Å². The molecule has 7 aromatic carbocycles. The van der Waals surface area contributed by atoms with E-state index in [1.807, 2.05) is 6.08 Å². The maximum Gasteiger partial charge on any atom is 0.0618 e. The summed E-state index contributed by atoms with van der Waals surface area (Å²) in [6, 6.07) is 59.9. The predicted molar refractivity (Wildman–Crippen MR) is 266 cm³/mol. The van der Waals surface area contributed by atoms with E-state index >= 15 is 0 Å². The fraction of sp³-hybridized carbons (Fsp3) is 0.103. The highest BCUT2D eigenvalue weighted by molar-refractivity contribution is 7.52. The summed E-state index contributed by atoms with van der Waals surface area (Å²) in [5, 5.41) is 5.07. The fourth-order valence-corrected chi connectivity index (χ4v) is 9.73. The standard InChI is InChI=1S/C58H52NP/c1-7-22-42-27-17-18-28-48(42)52(40(5)6)39-47(10-4)60-57-36-34-46(37-53(57)44-25-15-12-16-26-44)45-33-35-56-54(38-45)51-29-19-20-32-55(51)59(56)58-49(41(8-2)9-3)30-21-31-50(58)43-23-13-11-14-24-43/h8-21,23-39,60H,2,5,7,22H2,1,3-4,6H3/b41-9+,47-10?,52-39+. The Balaban J connectivity index is 1.27. The number of aryl methyl sites for hydroxylation is 1. The Hall–Kier alpha value is -6.53. The summed E-state index contributed by atoms with van der Waals surface area (Å²) in [5.41, 5.74) is 18.0. The predicted octanol–water partition coefficient (Wildman–Crippen LogP) is 16.2. The van der Waals surface area contributed by atoms with Gasteiger partial charge in [0.05, 0.1) is 16.7 Å². The summed E-state index contributed by atoms with van der Waals surface area (Å²) in [5.74, 6) is 0. The van der Waals surface area contributed by atoms with Crippen LogP contribution in [-0.4, -0.2) is 4.57 Å². The van der Waals surface area contributed by atoms with Crippen molar-refractivity contribution in [3.63, 3.8) is 0 Å². The fourth-order valence-electron chi connectivity index (χ4n) is 8.54. The van der Waals surface area contributed by atoms with Gasteiger partial charge in [0.2, 0.25) is 0 Å². The Morgan fingerprint density at radius 2 is 1.23 bits per heavy atom. The zero-order valence-corrected chi connectivity index (χ0v) is 36.2. The normalized spacial score (nSPS) is 12.5. The van der Waals surface area contributed by atoms with Crippen LogP contribution in [-0.2, 0) is 6.42 Å². The van der Waals surface area contributed by atoms with Crippen LogP contribution < -0.4 is 5.30 Å².